The van der Waals surface area contributed by atoms with E-state index >= 15 is 0 Å². The zero-order chi connectivity index (χ0) is 18.7. The highest BCUT2D eigenvalue weighted by molar-refractivity contribution is 5.13. The van der Waals surface area contributed by atoms with Crippen LogP contribution in [0.4, 0.5) is 0 Å². The lowest BCUT2D eigenvalue weighted by Gasteiger charge is -2.50. The van der Waals surface area contributed by atoms with Gasteiger partial charge in [-0.25, -0.2) is 0 Å². The van der Waals surface area contributed by atoms with E-state index in [4.69, 9.17) is 14.2 Å². The Morgan fingerprint density at radius 1 is 1.08 bits per heavy atom. The Hall–Kier alpha value is -0.900. The topological polar surface area (TPSA) is 27.7 Å². The highest BCUT2D eigenvalue weighted by Gasteiger charge is 2.47. The second kappa shape index (κ2) is 8.00. The van der Waals surface area contributed by atoms with Gasteiger partial charge in [-0.1, -0.05) is 51.1 Å². The smallest absolute Gasteiger partial charge is 0.148 e. The van der Waals surface area contributed by atoms with Crippen molar-refractivity contribution in [2.75, 3.05) is 13.4 Å². The molecular formula is C23H36O3. The molecule has 26 heavy (non-hydrogen) atoms. The number of benzene rings is 1. The predicted octanol–water partition coefficient (Wildman–Crippen LogP) is 5.72. The second-order valence-corrected chi connectivity index (χ2v) is 9.64. The zero-order valence-electron chi connectivity index (χ0n) is 17.1. The number of hydrogen-bond donors (Lipinski definition) is 0. The molecule has 1 aliphatic carbocycles. The Morgan fingerprint density at radius 3 is 2.42 bits per heavy atom. The third-order valence-electron chi connectivity index (χ3n) is 6.48. The molecule has 1 atom stereocenters. The van der Waals surface area contributed by atoms with Gasteiger partial charge in [0.25, 0.3) is 0 Å². The minimum absolute atomic E-state index is 0.0220. The molecule has 2 aliphatic rings. The van der Waals surface area contributed by atoms with Crippen LogP contribution in [0.2, 0.25) is 0 Å². The minimum atomic E-state index is -0.135. The monoisotopic (exact) mass is 360 g/mol. The van der Waals surface area contributed by atoms with E-state index in [2.05, 4.69) is 52.0 Å². The molecule has 3 rings (SSSR count). The van der Waals surface area contributed by atoms with Crippen LogP contribution in [0.25, 0.3) is 0 Å². The standard InChI is InChI=1S/C23H36O3/c1-21(2,3)20-10-12-23(13-11-20)17-22(4,25-18-26-23)14-15-24-16-19-8-6-5-7-9-19/h5-9,20H,10-18H2,1-4H3. The predicted molar refractivity (Wildman–Crippen MR) is 105 cm³/mol. The summed E-state index contributed by atoms with van der Waals surface area (Å²) in [7, 11) is 0. The summed E-state index contributed by atoms with van der Waals surface area (Å²) >= 11 is 0. The summed E-state index contributed by atoms with van der Waals surface area (Å²) in [6, 6.07) is 10.4. The minimum Gasteiger partial charge on any atom is -0.377 e. The van der Waals surface area contributed by atoms with Crippen LogP contribution < -0.4 is 0 Å². The van der Waals surface area contributed by atoms with E-state index in [1.807, 2.05) is 6.07 Å². The van der Waals surface area contributed by atoms with Crippen molar-refractivity contribution in [3.63, 3.8) is 0 Å². The Bertz CT molecular complexity index is 555. The summed E-state index contributed by atoms with van der Waals surface area (Å²) in [4.78, 5) is 0. The van der Waals surface area contributed by atoms with Crippen LogP contribution in [-0.4, -0.2) is 24.6 Å². The normalized spacial score (nSPS) is 32.7. The van der Waals surface area contributed by atoms with Crippen molar-refractivity contribution in [2.45, 2.75) is 84.0 Å². The van der Waals surface area contributed by atoms with Crippen molar-refractivity contribution in [3.05, 3.63) is 35.9 Å². The van der Waals surface area contributed by atoms with Crippen LogP contribution in [0, 0.1) is 11.3 Å². The molecule has 3 heteroatoms. The summed E-state index contributed by atoms with van der Waals surface area (Å²) in [5.74, 6) is 0.806. The molecule has 146 valence electrons. The Labute approximate surface area is 159 Å². The average Bonchev–Trinajstić information content (AvgIpc) is 2.59. The summed E-state index contributed by atoms with van der Waals surface area (Å²) in [6.07, 6.45) is 6.78. The fourth-order valence-corrected chi connectivity index (χ4v) is 4.62. The van der Waals surface area contributed by atoms with Gasteiger partial charge in [-0.05, 0) is 55.9 Å². The van der Waals surface area contributed by atoms with E-state index in [0.717, 1.165) is 25.4 Å². The van der Waals surface area contributed by atoms with Gasteiger partial charge in [0, 0.05) is 13.0 Å². The molecule has 1 unspecified atom stereocenters. The molecule has 1 aromatic carbocycles. The van der Waals surface area contributed by atoms with Crippen molar-refractivity contribution < 1.29 is 14.2 Å². The molecule has 1 spiro atoms. The van der Waals surface area contributed by atoms with Crippen molar-refractivity contribution in [1.29, 1.82) is 0 Å². The summed E-state index contributed by atoms with van der Waals surface area (Å²) in [6.45, 7) is 11.2. The summed E-state index contributed by atoms with van der Waals surface area (Å²) in [5.41, 5.74) is 1.52. The lowest BCUT2D eigenvalue weighted by molar-refractivity contribution is -0.272. The summed E-state index contributed by atoms with van der Waals surface area (Å²) in [5, 5.41) is 0. The van der Waals surface area contributed by atoms with Crippen molar-refractivity contribution >= 4 is 0 Å². The van der Waals surface area contributed by atoms with Crippen LogP contribution in [0.3, 0.4) is 0 Å². The highest BCUT2D eigenvalue weighted by atomic mass is 16.7. The van der Waals surface area contributed by atoms with E-state index in [9.17, 15) is 0 Å². The van der Waals surface area contributed by atoms with Crippen molar-refractivity contribution in [2.24, 2.45) is 11.3 Å². The fourth-order valence-electron chi connectivity index (χ4n) is 4.62. The van der Waals surface area contributed by atoms with Gasteiger partial charge in [-0.15, -0.1) is 0 Å². The molecule has 0 bridgehead atoms. The fraction of sp³-hybridized carbons (Fsp3) is 0.739. The SMILES string of the molecule is CC1(CCOCc2ccccc2)CC2(CCC(C(C)(C)C)CC2)OCO1. The van der Waals surface area contributed by atoms with Gasteiger partial charge in [0.05, 0.1) is 17.8 Å². The first-order valence-corrected chi connectivity index (χ1v) is 10.2. The van der Waals surface area contributed by atoms with E-state index in [1.54, 1.807) is 0 Å². The van der Waals surface area contributed by atoms with E-state index in [0.29, 0.717) is 18.8 Å². The third kappa shape index (κ3) is 5.09. The molecule has 1 saturated heterocycles. The van der Waals surface area contributed by atoms with Crippen molar-refractivity contribution in [3.8, 4) is 0 Å². The molecule has 0 aromatic heterocycles. The van der Waals surface area contributed by atoms with Crippen LogP contribution in [0.15, 0.2) is 30.3 Å². The van der Waals surface area contributed by atoms with Crippen LogP contribution in [0.1, 0.15) is 71.8 Å². The maximum Gasteiger partial charge on any atom is 0.148 e. The number of hydrogen-bond acceptors (Lipinski definition) is 3. The number of rotatable bonds is 5. The number of ether oxygens (including phenoxy) is 3. The summed E-state index contributed by atoms with van der Waals surface area (Å²) < 4.78 is 18.1. The van der Waals surface area contributed by atoms with E-state index in [-0.39, 0.29) is 11.2 Å². The van der Waals surface area contributed by atoms with Crippen LogP contribution in [0.5, 0.6) is 0 Å². The van der Waals surface area contributed by atoms with E-state index < -0.39 is 0 Å². The first-order valence-electron chi connectivity index (χ1n) is 10.2. The van der Waals surface area contributed by atoms with Gasteiger partial charge >= 0.3 is 0 Å². The molecule has 1 aliphatic heterocycles. The highest BCUT2D eigenvalue weighted by Crippen LogP contribution is 2.48. The van der Waals surface area contributed by atoms with Gasteiger partial charge < -0.3 is 14.2 Å². The van der Waals surface area contributed by atoms with Gasteiger partial charge in [-0.3, -0.25) is 0 Å². The zero-order valence-corrected chi connectivity index (χ0v) is 17.1. The lowest BCUT2D eigenvalue weighted by atomic mass is 9.66. The Morgan fingerprint density at radius 2 is 1.77 bits per heavy atom. The van der Waals surface area contributed by atoms with E-state index in [1.165, 1.54) is 31.2 Å². The molecule has 0 amide bonds. The Kier molecular flexibility index (Phi) is 6.11. The van der Waals surface area contributed by atoms with Crippen LogP contribution >= 0.6 is 0 Å². The van der Waals surface area contributed by atoms with Gasteiger partial charge in [-0.2, -0.15) is 0 Å². The average molecular weight is 361 g/mol. The molecule has 0 radical (unpaired) electrons. The molecule has 1 saturated carbocycles. The quantitative estimate of drug-likeness (QED) is 0.628. The Balaban J connectivity index is 1.48. The van der Waals surface area contributed by atoms with Crippen LogP contribution in [-0.2, 0) is 20.8 Å². The van der Waals surface area contributed by atoms with Gasteiger partial charge in [0.15, 0.2) is 0 Å². The van der Waals surface area contributed by atoms with Gasteiger partial charge in [0.2, 0.25) is 0 Å². The third-order valence-corrected chi connectivity index (χ3v) is 6.48. The van der Waals surface area contributed by atoms with Crippen molar-refractivity contribution in [1.82, 2.24) is 0 Å². The molecular weight excluding hydrogens is 324 g/mol. The largest absolute Gasteiger partial charge is 0.377 e. The first kappa shape index (κ1) is 19.9. The van der Waals surface area contributed by atoms with Gasteiger partial charge in [0.1, 0.15) is 6.79 Å². The molecule has 0 N–H and O–H groups in total. The second-order valence-electron chi connectivity index (χ2n) is 9.64. The molecule has 1 heterocycles. The lowest BCUT2D eigenvalue weighted by Crippen LogP contribution is -2.51. The first-order chi connectivity index (χ1) is 12.3. The maximum absolute atomic E-state index is 6.18. The molecule has 3 nitrogen and oxygen atoms in total. The maximum atomic E-state index is 6.18. The molecule has 2 fully saturated rings. The molecule has 1 aromatic rings.